The highest BCUT2D eigenvalue weighted by molar-refractivity contribution is 7.82. The van der Waals surface area contributed by atoms with Gasteiger partial charge in [0, 0.05) is 38.2 Å². The van der Waals surface area contributed by atoms with E-state index >= 15 is 4.39 Å². The van der Waals surface area contributed by atoms with Gasteiger partial charge in [-0.2, -0.15) is 5.10 Å². The van der Waals surface area contributed by atoms with Gasteiger partial charge in [0.2, 0.25) is 5.13 Å². The lowest BCUT2D eigenvalue weighted by atomic mass is 9.96. The van der Waals surface area contributed by atoms with Gasteiger partial charge >= 0.3 is 5.97 Å². The third-order valence-corrected chi connectivity index (χ3v) is 9.62. The Balaban J connectivity index is 1.54. The number of carbonyl (C=O) groups is 1. The van der Waals surface area contributed by atoms with Crippen molar-refractivity contribution in [1.29, 1.82) is 0 Å². The van der Waals surface area contributed by atoms with Crippen molar-refractivity contribution in [2.45, 2.75) is 37.5 Å². The Morgan fingerprint density at radius 3 is 2.59 bits per heavy atom. The number of rotatable bonds is 9. The van der Waals surface area contributed by atoms with E-state index in [0.717, 1.165) is 33.9 Å². The number of nitrogens with zero attached hydrogens (tertiary/aromatic N) is 3. The van der Waals surface area contributed by atoms with Crippen LogP contribution in [0.15, 0.2) is 58.8 Å². The summed E-state index contributed by atoms with van der Waals surface area (Å²) >= 11 is 2.66. The molecule has 3 heterocycles. The monoisotopic (exact) mass is 610 g/mol. The van der Waals surface area contributed by atoms with Gasteiger partial charge in [-0.3, -0.25) is 0 Å². The van der Waals surface area contributed by atoms with Gasteiger partial charge in [0.25, 0.3) is 0 Å². The van der Waals surface area contributed by atoms with E-state index in [9.17, 15) is 18.5 Å². The van der Waals surface area contributed by atoms with Gasteiger partial charge in [0.15, 0.2) is 5.69 Å². The molecule has 0 amide bonds. The van der Waals surface area contributed by atoms with Gasteiger partial charge in [0.1, 0.15) is 22.6 Å². The van der Waals surface area contributed by atoms with Crippen LogP contribution in [-0.4, -0.2) is 30.0 Å². The maximum absolute atomic E-state index is 15.0. The molecule has 5 aromatic rings. The van der Waals surface area contributed by atoms with Crippen LogP contribution in [0.25, 0.3) is 26.8 Å². The van der Waals surface area contributed by atoms with Crippen molar-refractivity contribution in [3.05, 3.63) is 92.9 Å². The molecule has 3 N–H and O–H groups in total. The van der Waals surface area contributed by atoms with Crippen molar-refractivity contribution >= 4 is 39.6 Å². The standard InChI is InChI=1S/C29H24F2N4O3S3/c1-15-2-8-25(40-15)19-13-18(6-7-21(19)30)27-20(10-17-5-9-26(41(32)38)22(31)11-17)24(12-16-3-4-16)35(34-27)29-33-23(14-39-29)28(36)37/h2,5-9,11,13-14,16H,3-4,10,12,32H2,1H3,(H,36,37). The van der Waals surface area contributed by atoms with E-state index in [1.165, 1.54) is 46.3 Å². The first-order valence-corrected chi connectivity index (χ1v) is 15.7. The number of carboxylic acid groups (broad SMARTS) is 1. The van der Waals surface area contributed by atoms with Crippen molar-refractivity contribution in [2.75, 3.05) is 0 Å². The predicted octanol–water partition coefficient (Wildman–Crippen LogP) is 6.53. The lowest BCUT2D eigenvalue weighted by Gasteiger charge is -2.10. The third-order valence-electron chi connectivity index (χ3n) is 7.00. The van der Waals surface area contributed by atoms with E-state index in [1.54, 1.807) is 22.9 Å². The van der Waals surface area contributed by atoms with Crippen molar-refractivity contribution < 1.29 is 22.9 Å². The van der Waals surface area contributed by atoms with E-state index < -0.39 is 22.8 Å². The molecule has 7 nitrogen and oxygen atoms in total. The minimum Gasteiger partial charge on any atom is -0.476 e. The Morgan fingerprint density at radius 2 is 1.95 bits per heavy atom. The molecule has 0 radical (unpaired) electrons. The summed E-state index contributed by atoms with van der Waals surface area (Å²) in [5.74, 6) is -1.71. The average molecular weight is 611 g/mol. The molecule has 0 saturated heterocycles. The fourth-order valence-electron chi connectivity index (χ4n) is 4.79. The molecular formula is C29H24F2N4O3S3. The van der Waals surface area contributed by atoms with Gasteiger partial charge in [-0.25, -0.2) is 32.6 Å². The van der Waals surface area contributed by atoms with Crippen molar-refractivity contribution in [2.24, 2.45) is 11.1 Å². The largest absolute Gasteiger partial charge is 0.476 e. The number of hydrogen-bond acceptors (Lipinski definition) is 6. The smallest absolute Gasteiger partial charge is 0.355 e. The van der Waals surface area contributed by atoms with Crippen LogP contribution in [0.4, 0.5) is 8.78 Å². The molecule has 1 atom stereocenters. The third kappa shape index (κ3) is 5.65. The summed E-state index contributed by atoms with van der Waals surface area (Å²) in [5.41, 5.74) is 3.90. The molecule has 41 heavy (non-hydrogen) atoms. The molecule has 0 bridgehead atoms. The molecule has 1 aliphatic rings. The number of halogens is 2. The molecule has 2 aromatic carbocycles. The molecule has 6 rings (SSSR count). The van der Waals surface area contributed by atoms with Gasteiger partial charge in [-0.1, -0.05) is 6.07 Å². The summed E-state index contributed by atoms with van der Waals surface area (Å²) in [5, 5.41) is 21.7. The highest BCUT2D eigenvalue weighted by Gasteiger charge is 2.30. The van der Waals surface area contributed by atoms with Crippen LogP contribution >= 0.6 is 22.7 Å². The summed E-state index contributed by atoms with van der Waals surface area (Å²) < 4.78 is 43.2. The highest BCUT2D eigenvalue weighted by Crippen LogP contribution is 2.40. The Labute approximate surface area is 244 Å². The average Bonchev–Trinajstić information content (AvgIpc) is 3.28. The normalized spacial score (nSPS) is 14.0. The molecular weight excluding hydrogens is 587 g/mol. The first-order valence-electron chi connectivity index (χ1n) is 12.8. The van der Waals surface area contributed by atoms with Gasteiger partial charge in [-0.05, 0) is 80.1 Å². The van der Waals surface area contributed by atoms with Crippen LogP contribution in [0.5, 0.6) is 0 Å². The molecule has 12 heteroatoms. The van der Waals surface area contributed by atoms with Crippen molar-refractivity contribution in [3.63, 3.8) is 0 Å². The summed E-state index contributed by atoms with van der Waals surface area (Å²) in [6, 6.07) is 13.1. The summed E-state index contributed by atoms with van der Waals surface area (Å²) in [4.78, 5) is 17.7. The highest BCUT2D eigenvalue weighted by atomic mass is 32.2. The number of carboxylic acids is 1. The lowest BCUT2D eigenvalue weighted by molar-refractivity contribution is 0.0691. The molecule has 1 unspecified atom stereocenters. The molecule has 0 spiro atoms. The maximum Gasteiger partial charge on any atom is 0.355 e. The predicted molar refractivity (Wildman–Crippen MR) is 156 cm³/mol. The zero-order valence-corrected chi connectivity index (χ0v) is 24.2. The summed E-state index contributed by atoms with van der Waals surface area (Å²) in [6.45, 7) is 1.96. The Hall–Kier alpha value is -3.58. The first kappa shape index (κ1) is 27.6. The fourth-order valence-corrected chi connectivity index (χ4v) is 6.90. The van der Waals surface area contributed by atoms with Crippen LogP contribution in [0.1, 0.15) is 45.0 Å². The fraction of sp³-hybridized carbons (Fsp3) is 0.207. The number of thiazole rings is 1. The number of nitrogens with two attached hydrogens (primary N) is 1. The van der Waals surface area contributed by atoms with Crippen LogP contribution < -0.4 is 5.14 Å². The van der Waals surface area contributed by atoms with Gasteiger partial charge < -0.3 is 5.11 Å². The Kier molecular flexibility index (Phi) is 7.41. The van der Waals surface area contributed by atoms with Gasteiger partial charge in [0.05, 0.1) is 16.3 Å². The molecule has 210 valence electrons. The molecule has 1 saturated carbocycles. The van der Waals surface area contributed by atoms with Crippen LogP contribution in [0, 0.1) is 24.5 Å². The second kappa shape index (κ2) is 11.0. The lowest BCUT2D eigenvalue weighted by Crippen LogP contribution is -2.07. The van der Waals surface area contributed by atoms with Crippen molar-refractivity contribution in [1.82, 2.24) is 14.8 Å². The Morgan fingerprint density at radius 1 is 1.15 bits per heavy atom. The number of thiophene rings is 1. The number of hydrogen-bond donors (Lipinski definition) is 2. The first-order chi connectivity index (χ1) is 19.7. The molecule has 1 fully saturated rings. The van der Waals surface area contributed by atoms with E-state index in [4.69, 9.17) is 10.2 Å². The molecule has 3 aromatic heterocycles. The van der Waals surface area contributed by atoms with E-state index in [-0.39, 0.29) is 22.8 Å². The quantitative estimate of drug-likeness (QED) is 0.197. The zero-order valence-electron chi connectivity index (χ0n) is 21.8. The number of aromatic carboxylic acids is 1. The number of aromatic nitrogens is 3. The molecule has 0 aliphatic heterocycles. The second-order valence-electron chi connectivity index (χ2n) is 10.00. The summed E-state index contributed by atoms with van der Waals surface area (Å²) in [6.07, 6.45) is 3.08. The van der Waals surface area contributed by atoms with Crippen LogP contribution in [-0.2, 0) is 23.8 Å². The maximum atomic E-state index is 15.0. The van der Waals surface area contributed by atoms with Gasteiger partial charge in [-0.15, -0.1) is 22.7 Å². The SMILES string of the molecule is Cc1ccc(-c2cc(-c3nn(-c4nc(C(=O)O)cs4)c(CC4CC4)c3Cc3ccc(S(N)=O)c(F)c3)ccc2F)s1. The van der Waals surface area contributed by atoms with Crippen LogP contribution in [0.3, 0.4) is 0 Å². The minimum atomic E-state index is -1.96. The van der Waals surface area contributed by atoms with E-state index in [2.05, 4.69) is 4.98 Å². The Bertz CT molecular complexity index is 1820. The number of benzene rings is 2. The minimum absolute atomic E-state index is 0.0782. The summed E-state index contributed by atoms with van der Waals surface area (Å²) in [7, 11) is -1.96. The number of aryl methyl sites for hydroxylation is 1. The second-order valence-corrected chi connectivity index (χ2v) is 13.2. The zero-order chi connectivity index (χ0) is 28.8. The van der Waals surface area contributed by atoms with E-state index in [1.807, 2.05) is 19.1 Å². The molecule has 1 aliphatic carbocycles. The van der Waals surface area contributed by atoms with Crippen molar-refractivity contribution in [3.8, 4) is 26.8 Å². The topological polar surface area (TPSA) is 111 Å². The van der Waals surface area contributed by atoms with Crippen LogP contribution in [0.2, 0.25) is 0 Å². The van der Waals surface area contributed by atoms with E-state index in [0.29, 0.717) is 39.9 Å².